The summed E-state index contributed by atoms with van der Waals surface area (Å²) in [6, 6.07) is 3.66. The van der Waals surface area contributed by atoms with E-state index in [2.05, 4.69) is 5.32 Å². The molecule has 0 saturated heterocycles. The maximum absolute atomic E-state index is 12.3. The van der Waals surface area contributed by atoms with Gasteiger partial charge in [0.25, 0.3) is 0 Å². The van der Waals surface area contributed by atoms with Gasteiger partial charge in [0.2, 0.25) is 0 Å². The van der Waals surface area contributed by atoms with Gasteiger partial charge in [-0.25, -0.2) is 9.59 Å². The lowest BCUT2D eigenvalue weighted by molar-refractivity contribution is -0.139. The van der Waals surface area contributed by atoms with Gasteiger partial charge in [-0.3, -0.25) is 0 Å². The van der Waals surface area contributed by atoms with Crippen LogP contribution in [0.4, 0.5) is 4.79 Å². The SMILES string of the molecule is CCOC(=O)C1=C(C)N(C)C(=O)N[C@@H]1c1ccc(O)c(OC)c1. The number of phenolic OH excluding ortho intramolecular Hbond substituents is 1. The van der Waals surface area contributed by atoms with Crippen LogP contribution in [0.2, 0.25) is 0 Å². The lowest BCUT2D eigenvalue weighted by Crippen LogP contribution is -2.46. The fourth-order valence-electron chi connectivity index (χ4n) is 2.43. The van der Waals surface area contributed by atoms with E-state index >= 15 is 0 Å². The number of aromatic hydroxyl groups is 1. The number of nitrogens with zero attached hydrogens (tertiary/aromatic N) is 1. The van der Waals surface area contributed by atoms with Gasteiger partial charge in [0.05, 0.1) is 25.3 Å². The minimum absolute atomic E-state index is 0.0195. The molecule has 23 heavy (non-hydrogen) atoms. The van der Waals surface area contributed by atoms with Crippen LogP contribution in [0.25, 0.3) is 0 Å². The third kappa shape index (κ3) is 3.08. The molecular formula is C16H20N2O5. The molecule has 2 N–H and O–H groups in total. The Morgan fingerprint density at radius 1 is 1.43 bits per heavy atom. The van der Waals surface area contributed by atoms with Crippen molar-refractivity contribution in [3.05, 3.63) is 35.0 Å². The van der Waals surface area contributed by atoms with Crippen molar-refractivity contribution in [1.29, 1.82) is 0 Å². The van der Waals surface area contributed by atoms with Gasteiger partial charge in [0.15, 0.2) is 11.5 Å². The summed E-state index contributed by atoms with van der Waals surface area (Å²) in [6.07, 6.45) is 0. The molecule has 2 rings (SSSR count). The molecule has 0 spiro atoms. The van der Waals surface area contributed by atoms with Crippen LogP contribution in [0, 0.1) is 0 Å². The van der Waals surface area contributed by atoms with E-state index in [0.717, 1.165) is 0 Å². The van der Waals surface area contributed by atoms with E-state index in [9.17, 15) is 14.7 Å². The van der Waals surface area contributed by atoms with Gasteiger partial charge in [-0.15, -0.1) is 0 Å². The molecule has 0 bridgehead atoms. The van der Waals surface area contributed by atoms with E-state index in [1.54, 1.807) is 33.0 Å². The van der Waals surface area contributed by atoms with Crippen LogP contribution in [0.5, 0.6) is 11.5 Å². The number of esters is 1. The van der Waals surface area contributed by atoms with E-state index in [-0.39, 0.29) is 24.1 Å². The Morgan fingerprint density at radius 3 is 2.74 bits per heavy atom. The normalized spacial score (nSPS) is 17.8. The Hall–Kier alpha value is -2.70. The number of urea groups is 1. The number of carbonyl (C=O) groups is 2. The second kappa shape index (κ2) is 6.60. The summed E-state index contributed by atoms with van der Waals surface area (Å²) >= 11 is 0. The van der Waals surface area contributed by atoms with Crippen LogP contribution in [-0.2, 0) is 9.53 Å². The minimum atomic E-state index is -0.674. The molecular weight excluding hydrogens is 300 g/mol. The summed E-state index contributed by atoms with van der Waals surface area (Å²) < 4.78 is 10.2. The highest BCUT2D eigenvalue weighted by Gasteiger charge is 2.35. The second-order valence-corrected chi connectivity index (χ2v) is 5.09. The first kappa shape index (κ1) is 16.7. The molecule has 1 aromatic rings. The van der Waals surface area contributed by atoms with Crippen LogP contribution in [0.1, 0.15) is 25.5 Å². The average molecular weight is 320 g/mol. The summed E-state index contributed by atoms with van der Waals surface area (Å²) in [5.74, 6) is -0.251. The number of ether oxygens (including phenoxy) is 2. The summed E-state index contributed by atoms with van der Waals surface area (Å²) in [4.78, 5) is 25.8. The predicted molar refractivity (Wildman–Crippen MR) is 83.0 cm³/mol. The number of hydrogen-bond acceptors (Lipinski definition) is 5. The molecule has 1 aromatic carbocycles. The Kier molecular flexibility index (Phi) is 4.78. The third-order valence-electron chi connectivity index (χ3n) is 3.79. The average Bonchev–Trinajstić information content (AvgIpc) is 2.53. The van der Waals surface area contributed by atoms with E-state index in [4.69, 9.17) is 9.47 Å². The highest BCUT2D eigenvalue weighted by atomic mass is 16.5. The van der Waals surface area contributed by atoms with Crippen molar-refractivity contribution in [2.45, 2.75) is 19.9 Å². The number of allylic oxidation sites excluding steroid dienone is 1. The van der Waals surface area contributed by atoms with Gasteiger partial charge in [-0.05, 0) is 31.5 Å². The maximum Gasteiger partial charge on any atom is 0.338 e. The zero-order chi connectivity index (χ0) is 17.1. The first-order valence-corrected chi connectivity index (χ1v) is 7.19. The minimum Gasteiger partial charge on any atom is -0.504 e. The molecule has 1 atom stereocenters. The molecule has 0 saturated carbocycles. The molecule has 7 nitrogen and oxygen atoms in total. The third-order valence-corrected chi connectivity index (χ3v) is 3.79. The largest absolute Gasteiger partial charge is 0.504 e. The summed E-state index contributed by atoms with van der Waals surface area (Å²) in [6.45, 7) is 3.64. The van der Waals surface area contributed by atoms with Gasteiger partial charge < -0.3 is 24.8 Å². The first-order chi connectivity index (χ1) is 10.9. The predicted octanol–water partition coefficient (Wildman–Crippen LogP) is 1.93. The number of methoxy groups -OCH3 is 1. The zero-order valence-corrected chi connectivity index (χ0v) is 13.5. The van der Waals surface area contributed by atoms with E-state index < -0.39 is 12.0 Å². The van der Waals surface area contributed by atoms with Crippen LogP contribution >= 0.6 is 0 Å². The highest BCUT2D eigenvalue weighted by molar-refractivity contribution is 5.95. The standard InChI is InChI=1S/C16H20N2O5/c1-5-23-15(20)13-9(2)18(3)16(21)17-14(13)10-6-7-11(19)12(8-10)22-4/h6-8,14,19H,5H2,1-4H3,(H,17,21)/t14-/m1/s1. The van der Waals surface area contributed by atoms with Crippen molar-refractivity contribution in [2.75, 3.05) is 20.8 Å². The lowest BCUT2D eigenvalue weighted by atomic mass is 9.94. The van der Waals surface area contributed by atoms with E-state index in [1.807, 2.05) is 0 Å². The molecule has 124 valence electrons. The van der Waals surface area contributed by atoms with E-state index in [1.165, 1.54) is 18.1 Å². The lowest BCUT2D eigenvalue weighted by Gasteiger charge is -2.33. The molecule has 0 aromatic heterocycles. The van der Waals surface area contributed by atoms with Gasteiger partial charge >= 0.3 is 12.0 Å². The molecule has 0 radical (unpaired) electrons. The molecule has 1 heterocycles. The quantitative estimate of drug-likeness (QED) is 0.828. The summed E-state index contributed by atoms with van der Waals surface area (Å²) in [7, 11) is 3.01. The Morgan fingerprint density at radius 2 is 2.13 bits per heavy atom. The van der Waals surface area contributed by atoms with Crippen molar-refractivity contribution < 1.29 is 24.2 Å². The monoisotopic (exact) mass is 320 g/mol. The number of nitrogens with one attached hydrogen (secondary N) is 1. The van der Waals surface area contributed by atoms with Gasteiger partial charge in [-0.1, -0.05) is 6.07 Å². The molecule has 7 heteroatoms. The fraction of sp³-hybridized carbons (Fsp3) is 0.375. The number of hydrogen-bond donors (Lipinski definition) is 2. The summed E-state index contributed by atoms with van der Waals surface area (Å²) in [5.41, 5.74) is 1.48. The topological polar surface area (TPSA) is 88.1 Å². The number of phenols is 1. The number of rotatable bonds is 4. The molecule has 0 unspecified atom stereocenters. The van der Waals surface area contributed by atoms with Crippen LogP contribution in [0.15, 0.2) is 29.5 Å². The molecule has 1 aliphatic heterocycles. The molecule has 0 fully saturated rings. The van der Waals surface area contributed by atoms with Crippen LogP contribution in [0.3, 0.4) is 0 Å². The van der Waals surface area contributed by atoms with Crippen molar-refractivity contribution >= 4 is 12.0 Å². The Balaban J connectivity index is 2.53. The van der Waals surface area contributed by atoms with Crippen molar-refractivity contribution in [1.82, 2.24) is 10.2 Å². The van der Waals surface area contributed by atoms with Crippen molar-refractivity contribution in [3.8, 4) is 11.5 Å². The summed E-state index contributed by atoms with van der Waals surface area (Å²) in [5, 5.41) is 12.5. The van der Waals surface area contributed by atoms with E-state index in [0.29, 0.717) is 16.8 Å². The molecule has 0 aliphatic carbocycles. The van der Waals surface area contributed by atoms with Crippen LogP contribution in [-0.4, -0.2) is 42.8 Å². The van der Waals surface area contributed by atoms with Crippen molar-refractivity contribution in [2.24, 2.45) is 0 Å². The Bertz CT molecular complexity index is 668. The Labute approximate surface area is 134 Å². The second-order valence-electron chi connectivity index (χ2n) is 5.09. The van der Waals surface area contributed by atoms with Gasteiger partial charge in [0, 0.05) is 12.7 Å². The number of amides is 2. The molecule has 2 amide bonds. The molecule has 1 aliphatic rings. The van der Waals surface area contributed by atoms with Gasteiger partial charge in [0.1, 0.15) is 0 Å². The fourth-order valence-corrected chi connectivity index (χ4v) is 2.43. The number of benzene rings is 1. The zero-order valence-electron chi connectivity index (χ0n) is 13.5. The number of carbonyl (C=O) groups excluding carboxylic acids is 2. The van der Waals surface area contributed by atoms with Crippen molar-refractivity contribution in [3.63, 3.8) is 0 Å². The maximum atomic E-state index is 12.3. The van der Waals surface area contributed by atoms with Gasteiger partial charge in [-0.2, -0.15) is 0 Å². The first-order valence-electron chi connectivity index (χ1n) is 7.19. The highest BCUT2D eigenvalue weighted by Crippen LogP contribution is 2.35. The van der Waals surface area contributed by atoms with Crippen LogP contribution < -0.4 is 10.1 Å². The smallest absolute Gasteiger partial charge is 0.338 e.